The fraction of sp³-hybridized carbons (Fsp3) is 0.500. The Labute approximate surface area is 118 Å². The molecular weight excluding hydrogens is 258 g/mol. The number of nitrogens with one attached hydrogen (secondary N) is 1. The van der Waals surface area contributed by atoms with Gasteiger partial charge in [0.05, 0.1) is 13.7 Å². The minimum absolute atomic E-state index is 0.0459. The van der Waals surface area contributed by atoms with Crippen LogP contribution >= 0.6 is 0 Å². The van der Waals surface area contributed by atoms with Crippen LogP contribution < -0.4 is 10.1 Å². The van der Waals surface area contributed by atoms with Crippen molar-refractivity contribution in [1.29, 1.82) is 0 Å². The molecule has 0 saturated carbocycles. The summed E-state index contributed by atoms with van der Waals surface area (Å²) < 4.78 is 4.99. The Balaban J connectivity index is 2.10. The molecule has 6 nitrogen and oxygen atoms in total. The van der Waals surface area contributed by atoms with Crippen LogP contribution in [0.4, 0.5) is 0 Å². The predicted molar refractivity (Wildman–Crippen MR) is 73.0 cm³/mol. The van der Waals surface area contributed by atoms with Crippen molar-refractivity contribution >= 4 is 11.8 Å². The van der Waals surface area contributed by atoms with E-state index in [1.165, 1.54) is 0 Å². The fourth-order valence-electron chi connectivity index (χ4n) is 2.16. The van der Waals surface area contributed by atoms with Crippen molar-refractivity contribution in [2.24, 2.45) is 5.92 Å². The van der Waals surface area contributed by atoms with Gasteiger partial charge in [0.2, 0.25) is 17.7 Å². The highest BCUT2D eigenvalue weighted by Gasteiger charge is 2.34. The van der Waals surface area contributed by atoms with Gasteiger partial charge in [-0.1, -0.05) is 19.9 Å². The molecule has 1 aromatic rings. The number of pyridine rings is 1. The first kappa shape index (κ1) is 14.3. The molecule has 2 rings (SSSR count). The SMILES string of the molecule is COc1ccc(CN2CC(=O)NC(C(C)C)C2=O)cn1. The zero-order valence-electron chi connectivity index (χ0n) is 11.9. The lowest BCUT2D eigenvalue weighted by atomic mass is 10.0. The first-order valence-corrected chi connectivity index (χ1v) is 6.58. The number of piperazine rings is 1. The van der Waals surface area contributed by atoms with E-state index in [4.69, 9.17) is 4.74 Å². The summed E-state index contributed by atoms with van der Waals surface area (Å²) >= 11 is 0. The smallest absolute Gasteiger partial charge is 0.246 e. The van der Waals surface area contributed by atoms with E-state index >= 15 is 0 Å². The molecule has 0 aromatic carbocycles. The standard InChI is InChI=1S/C14H19N3O3/c1-9(2)13-14(19)17(8-11(18)16-13)7-10-4-5-12(20-3)15-6-10/h4-6,9,13H,7-8H2,1-3H3,(H,16,18). The van der Waals surface area contributed by atoms with Crippen molar-refractivity contribution in [1.82, 2.24) is 15.2 Å². The first-order valence-electron chi connectivity index (χ1n) is 6.58. The Morgan fingerprint density at radius 1 is 1.45 bits per heavy atom. The van der Waals surface area contributed by atoms with Gasteiger partial charge in [-0.05, 0) is 11.5 Å². The lowest BCUT2D eigenvalue weighted by Gasteiger charge is -2.34. The molecule has 2 amide bonds. The Bertz CT molecular complexity index is 499. The number of methoxy groups -OCH3 is 1. The van der Waals surface area contributed by atoms with Crippen LogP contribution in [0.5, 0.6) is 5.88 Å². The van der Waals surface area contributed by atoms with Crippen LogP contribution in [0.15, 0.2) is 18.3 Å². The van der Waals surface area contributed by atoms with Gasteiger partial charge >= 0.3 is 0 Å². The highest BCUT2D eigenvalue weighted by Crippen LogP contribution is 2.15. The third kappa shape index (κ3) is 3.07. The van der Waals surface area contributed by atoms with Crippen LogP contribution in [0.2, 0.25) is 0 Å². The largest absolute Gasteiger partial charge is 0.481 e. The summed E-state index contributed by atoms with van der Waals surface area (Å²) in [5.74, 6) is 0.431. The van der Waals surface area contributed by atoms with Gasteiger partial charge in [-0.25, -0.2) is 4.98 Å². The van der Waals surface area contributed by atoms with Crippen LogP contribution in [0.25, 0.3) is 0 Å². The molecule has 0 aliphatic carbocycles. The molecule has 6 heteroatoms. The average Bonchev–Trinajstić information content (AvgIpc) is 2.43. The topological polar surface area (TPSA) is 71.5 Å². The number of aromatic nitrogens is 1. The normalized spacial score (nSPS) is 19.2. The molecule has 1 N–H and O–H groups in total. The lowest BCUT2D eigenvalue weighted by Crippen LogP contribution is -2.59. The highest BCUT2D eigenvalue weighted by atomic mass is 16.5. The van der Waals surface area contributed by atoms with Crippen molar-refractivity contribution in [3.05, 3.63) is 23.9 Å². The number of hydrogen-bond donors (Lipinski definition) is 1. The van der Waals surface area contributed by atoms with E-state index in [2.05, 4.69) is 10.3 Å². The van der Waals surface area contributed by atoms with Gasteiger partial charge < -0.3 is 15.0 Å². The minimum Gasteiger partial charge on any atom is -0.481 e. The van der Waals surface area contributed by atoms with Crippen molar-refractivity contribution < 1.29 is 14.3 Å². The zero-order chi connectivity index (χ0) is 14.7. The van der Waals surface area contributed by atoms with Gasteiger partial charge in [0.1, 0.15) is 6.04 Å². The van der Waals surface area contributed by atoms with Gasteiger partial charge in [-0.3, -0.25) is 9.59 Å². The molecule has 1 aliphatic rings. The molecule has 1 saturated heterocycles. The van der Waals surface area contributed by atoms with Crippen LogP contribution in [0.3, 0.4) is 0 Å². The summed E-state index contributed by atoms with van der Waals surface area (Å²) in [6.45, 7) is 4.31. The number of hydrogen-bond acceptors (Lipinski definition) is 4. The molecule has 2 heterocycles. The van der Waals surface area contributed by atoms with Gasteiger partial charge in [-0.15, -0.1) is 0 Å². The van der Waals surface area contributed by atoms with Crippen molar-refractivity contribution in [2.45, 2.75) is 26.4 Å². The molecule has 1 aromatic heterocycles. The maximum Gasteiger partial charge on any atom is 0.246 e. The van der Waals surface area contributed by atoms with Crippen molar-refractivity contribution in [3.63, 3.8) is 0 Å². The zero-order valence-corrected chi connectivity index (χ0v) is 11.9. The van der Waals surface area contributed by atoms with Gasteiger partial charge in [0.25, 0.3) is 0 Å². The van der Waals surface area contributed by atoms with E-state index < -0.39 is 6.04 Å². The summed E-state index contributed by atoms with van der Waals surface area (Å²) in [6, 6.07) is 3.14. The molecule has 1 atom stereocenters. The number of nitrogens with zero attached hydrogens (tertiary/aromatic N) is 2. The summed E-state index contributed by atoms with van der Waals surface area (Å²) in [5, 5.41) is 2.73. The fourth-order valence-corrected chi connectivity index (χ4v) is 2.16. The van der Waals surface area contributed by atoms with Gasteiger partial charge in [-0.2, -0.15) is 0 Å². The number of rotatable bonds is 4. The molecule has 0 radical (unpaired) electrons. The molecular formula is C14H19N3O3. The third-order valence-electron chi connectivity index (χ3n) is 3.28. The monoisotopic (exact) mass is 277 g/mol. The van der Waals surface area contributed by atoms with Crippen molar-refractivity contribution in [2.75, 3.05) is 13.7 Å². The first-order chi connectivity index (χ1) is 9.51. The summed E-state index contributed by atoms with van der Waals surface area (Å²) in [7, 11) is 1.55. The van der Waals surface area contributed by atoms with E-state index in [1.807, 2.05) is 19.9 Å². The Hall–Kier alpha value is -2.11. The Morgan fingerprint density at radius 3 is 2.75 bits per heavy atom. The lowest BCUT2D eigenvalue weighted by molar-refractivity contribution is -0.146. The highest BCUT2D eigenvalue weighted by molar-refractivity contribution is 5.94. The van der Waals surface area contributed by atoms with E-state index in [-0.39, 0.29) is 24.3 Å². The number of amides is 2. The third-order valence-corrected chi connectivity index (χ3v) is 3.28. The van der Waals surface area contributed by atoms with E-state index in [9.17, 15) is 9.59 Å². The quantitative estimate of drug-likeness (QED) is 0.873. The molecule has 1 fully saturated rings. The molecule has 20 heavy (non-hydrogen) atoms. The van der Waals surface area contributed by atoms with E-state index in [0.29, 0.717) is 12.4 Å². The molecule has 1 unspecified atom stereocenters. The second-order valence-corrected chi connectivity index (χ2v) is 5.19. The predicted octanol–water partition coefficient (Wildman–Crippen LogP) is 0.573. The van der Waals surface area contributed by atoms with E-state index in [1.54, 1.807) is 24.3 Å². The molecule has 0 spiro atoms. The minimum atomic E-state index is -0.442. The van der Waals surface area contributed by atoms with Crippen LogP contribution in [0, 0.1) is 5.92 Å². The summed E-state index contributed by atoms with van der Waals surface area (Å²) in [6.07, 6.45) is 1.66. The van der Waals surface area contributed by atoms with Gasteiger partial charge in [0, 0.05) is 18.8 Å². The van der Waals surface area contributed by atoms with Crippen LogP contribution in [0.1, 0.15) is 19.4 Å². The van der Waals surface area contributed by atoms with Crippen LogP contribution in [-0.4, -0.2) is 41.4 Å². The summed E-state index contributed by atoms with van der Waals surface area (Å²) in [4.78, 5) is 29.7. The number of ether oxygens (including phenoxy) is 1. The Morgan fingerprint density at radius 2 is 2.20 bits per heavy atom. The molecule has 1 aliphatic heterocycles. The van der Waals surface area contributed by atoms with E-state index in [0.717, 1.165) is 5.56 Å². The van der Waals surface area contributed by atoms with Gasteiger partial charge in [0.15, 0.2) is 0 Å². The maximum absolute atomic E-state index is 12.3. The average molecular weight is 277 g/mol. The second-order valence-electron chi connectivity index (χ2n) is 5.19. The second kappa shape index (κ2) is 5.90. The summed E-state index contributed by atoms with van der Waals surface area (Å²) in [5.41, 5.74) is 0.872. The van der Waals surface area contributed by atoms with Crippen LogP contribution in [-0.2, 0) is 16.1 Å². The Kier molecular flexibility index (Phi) is 4.22. The van der Waals surface area contributed by atoms with Crippen molar-refractivity contribution in [3.8, 4) is 5.88 Å². The number of carbonyl (C=O) groups is 2. The number of carbonyl (C=O) groups excluding carboxylic acids is 2. The molecule has 0 bridgehead atoms. The maximum atomic E-state index is 12.3. The molecule has 108 valence electrons.